The molecule has 3 aromatic rings. The summed E-state index contributed by atoms with van der Waals surface area (Å²) < 4.78 is 0. The maximum absolute atomic E-state index is 12.2. The Kier molecular flexibility index (Phi) is 4.01. The third-order valence-electron chi connectivity index (χ3n) is 3.62. The summed E-state index contributed by atoms with van der Waals surface area (Å²) in [4.78, 5) is 15.3. The number of para-hydroxylation sites is 1. The maximum Gasteiger partial charge on any atom is 0.273 e. The minimum Gasteiger partial charge on any atom is -0.360 e. The van der Waals surface area contributed by atoms with E-state index in [0.29, 0.717) is 5.56 Å². The lowest BCUT2D eigenvalue weighted by Gasteiger charge is -2.05. The molecule has 1 heterocycles. The molecule has 1 unspecified atom stereocenters. The molecule has 110 valence electrons. The van der Waals surface area contributed by atoms with E-state index < -0.39 is 0 Å². The Morgan fingerprint density at radius 3 is 2.68 bits per heavy atom. The second-order valence-electron chi connectivity index (χ2n) is 5.17. The number of nitrogens with zero attached hydrogens (tertiary/aromatic N) is 1. The van der Waals surface area contributed by atoms with E-state index in [1.54, 1.807) is 12.4 Å². The van der Waals surface area contributed by atoms with Crippen LogP contribution < -0.4 is 5.43 Å². The number of carbonyl (C=O) groups excluding carboxylic acids is 1. The van der Waals surface area contributed by atoms with Crippen LogP contribution in [0.2, 0.25) is 0 Å². The van der Waals surface area contributed by atoms with Gasteiger partial charge in [-0.05, 0) is 11.6 Å². The van der Waals surface area contributed by atoms with Crippen LogP contribution in [0.15, 0.2) is 65.9 Å². The van der Waals surface area contributed by atoms with Crippen LogP contribution in [0.5, 0.6) is 0 Å². The number of rotatable bonds is 4. The summed E-state index contributed by atoms with van der Waals surface area (Å²) in [6, 6.07) is 17.7. The molecule has 2 aromatic carbocycles. The Labute approximate surface area is 128 Å². The topological polar surface area (TPSA) is 57.2 Å². The molecule has 0 bridgehead atoms. The van der Waals surface area contributed by atoms with E-state index in [-0.39, 0.29) is 11.8 Å². The number of hydrazone groups is 1. The third kappa shape index (κ3) is 2.91. The minimum absolute atomic E-state index is 0.143. The van der Waals surface area contributed by atoms with Gasteiger partial charge in [0.2, 0.25) is 0 Å². The minimum atomic E-state index is -0.214. The second-order valence-corrected chi connectivity index (χ2v) is 5.17. The predicted octanol–water partition coefficient (Wildman–Crippen LogP) is 3.69. The molecular formula is C18H17N3O. The van der Waals surface area contributed by atoms with Gasteiger partial charge >= 0.3 is 0 Å². The summed E-state index contributed by atoms with van der Waals surface area (Å²) >= 11 is 0. The largest absolute Gasteiger partial charge is 0.360 e. The fraction of sp³-hybridized carbons (Fsp3) is 0.111. The van der Waals surface area contributed by atoms with E-state index in [2.05, 4.69) is 15.5 Å². The van der Waals surface area contributed by atoms with Gasteiger partial charge in [-0.25, -0.2) is 5.43 Å². The first-order valence-electron chi connectivity index (χ1n) is 7.20. The van der Waals surface area contributed by atoms with E-state index in [9.17, 15) is 4.79 Å². The second kappa shape index (κ2) is 6.26. The van der Waals surface area contributed by atoms with Crippen LogP contribution in [0.3, 0.4) is 0 Å². The normalized spacial score (nSPS) is 12.6. The highest BCUT2D eigenvalue weighted by atomic mass is 16.2. The van der Waals surface area contributed by atoms with Crippen molar-refractivity contribution in [3.63, 3.8) is 0 Å². The molecule has 1 amide bonds. The fourth-order valence-electron chi connectivity index (χ4n) is 2.37. The van der Waals surface area contributed by atoms with Crippen LogP contribution >= 0.6 is 0 Å². The molecule has 3 rings (SSSR count). The number of H-pyrrole nitrogens is 1. The van der Waals surface area contributed by atoms with Crippen LogP contribution in [0.4, 0.5) is 0 Å². The molecular weight excluding hydrogens is 274 g/mol. The smallest absolute Gasteiger partial charge is 0.273 e. The lowest BCUT2D eigenvalue weighted by molar-refractivity contribution is 0.0956. The zero-order valence-corrected chi connectivity index (χ0v) is 12.3. The lowest BCUT2D eigenvalue weighted by atomic mass is 10.0. The van der Waals surface area contributed by atoms with Crippen LogP contribution in [0.25, 0.3) is 10.9 Å². The molecule has 0 fully saturated rings. The van der Waals surface area contributed by atoms with E-state index in [0.717, 1.165) is 16.5 Å². The molecule has 0 saturated heterocycles. The number of benzene rings is 2. The Hall–Kier alpha value is -2.88. The Bertz CT molecular complexity index is 805. The predicted molar refractivity (Wildman–Crippen MR) is 89.1 cm³/mol. The summed E-state index contributed by atoms with van der Waals surface area (Å²) in [7, 11) is 0. The molecule has 22 heavy (non-hydrogen) atoms. The molecule has 0 aliphatic heterocycles. The van der Waals surface area contributed by atoms with Gasteiger partial charge in [0.25, 0.3) is 5.91 Å². The number of nitrogens with one attached hydrogen (secondary N) is 2. The van der Waals surface area contributed by atoms with Gasteiger partial charge in [-0.1, -0.05) is 55.5 Å². The SMILES string of the molecule is CC(/C=N/NC(=O)c1c[nH]c2ccccc12)c1ccccc1. The van der Waals surface area contributed by atoms with Crippen molar-refractivity contribution in [1.29, 1.82) is 0 Å². The molecule has 0 aliphatic carbocycles. The Morgan fingerprint density at radius 1 is 1.14 bits per heavy atom. The van der Waals surface area contributed by atoms with Gasteiger partial charge < -0.3 is 4.98 Å². The molecule has 0 saturated carbocycles. The molecule has 1 atom stereocenters. The van der Waals surface area contributed by atoms with Crippen molar-refractivity contribution in [3.05, 3.63) is 71.9 Å². The van der Waals surface area contributed by atoms with Crippen molar-refractivity contribution >= 4 is 23.0 Å². The van der Waals surface area contributed by atoms with Gasteiger partial charge in [-0.2, -0.15) is 5.10 Å². The van der Waals surface area contributed by atoms with E-state index in [1.807, 2.05) is 61.5 Å². The van der Waals surface area contributed by atoms with Crippen LogP contribution in [0.1, 0.15) is 28.8 Å². The number of aromatic nitrogens is 1. The number of hydrogen-bond donors (Lipinski definition) is 2. The first-order chi connectivity index (χ1) is 10.8. The summed E-state index contributed by atoms with van der Waals surface area (Å²) in [5.74, 6) is -0.0709. The van der Waals surface area contributed by atoms with Gasteiger partial charge in [0.1, 0.15) is 0 Å². The van der Waals surface area contributed by atoms with Crippen molar-refractivity contribution in [2.24, 2.45) is 5.10 Å². The number of fused-ring (bicyclic) bond motifs is 1. The summed E-state index contributed by atoms with van der Waals surface area (Å²) in [5.41, 5.74) is 5.28. The van der Waals surface area contributed by atoms with E-state index in [1.165, 1.54) is 0 Å². The number of carbonyl (C=O) groups is 1. The molecule has 2 N–H and O–H groups in total. The Morgan fingerprint density at radius 2 is 1.86 bits per heavy atom. The Balaban J connectivity index is 1.69. The highest BCUT2D eigenvalue weighted by Crippen LogP contribution is 2.17. The number of hydrogen-bond acceptors (Lipinski definition) is 2. The van der Waals surface area contributed by atoms with E-state index in [4.69, 9.17) is 0 Å². The van der Waals surface area contributed by atoms with Gasteiger partial charge in [-0.15, -0.1) is 0 Å². The van der Waals surface area contributed by atoms with Crippen molar-refractivity contribution in [2.75, 3.05) is 0 Å². The van der Waals surface area contributed by atoms with Crippen molar-refractivity contribution in [2.45, 2.75) is 12.8 Å². The first-order valence-corrected chi connectivity index (χ1v) is 7.20. The molecule has 4 heteroatoms. The zero-order chi connectivity index (χ0) is 15.4. The van der Waals surface area contributed by atoms with Gasteiger partial charge in [-0.3, -0.25) is 4.79 Å². The molecule has 0 spiro atoms. The van der Waals surface area contributed by atoms with Crippen molar-refractivity contribution in [3.8, 4) is 0 Å². The monoisotopic (exact) mass is 291 g/mol. The third-order valence-corrected chi connectivity index (χ3v) is 3.62. The summed E-state index contributed by atoms with van der Waals surface area (Å²) in [6.07, 6.45) is 3.44. The van der Waals surface area contributed by atoms with Crippen LogP contribution in [0, 0.1) is 0 Å². The zero-order valence-electron chi connectivity index (χ0n) is 12.3. The number of amides is 1. The highest BCUT2D eigenvalue weighted by molar-refractivity contribution is 6.06. The quantitative estimate of drug-likeness (QED) is 0.559. The maximum atomic E-state index is 12.2. The van der Waals surface area contributed by atoms with Gasteiger partial charge in [0.15, 0.2) is 0 Å². The molecule has 1 aromatic heterocycles. The molecule has 0 aliphatic rings. The van der Waals surface area contributed by atoms with Gasteiger partial charge in [0, 0.05) is 29.2 Å². The summed E-state index contributed by atoms with van der Waals surface area (Å²) in [6.45, 7) is 2.04. The van der Waals surface area contributed by atoms with E-state index >= 15 is 0 Å². The standard InChI is InChI=1S/C18H17N3O/c1-13(14-7-3-2-4-8-14)11-20-21-18(22)16-12-19-17-10-6-5-9-15(16)17/h2-13,19H,1H3,(H,21,22)/b20-11+. The average molecular weight is 291 g/mol. The van der Waals surface area contributed by atoms with Crippen molar-refractivity contribution < 1.29 is 4.79 Å². The average Bonchev–Trinajstić information content (AvgIpc) is 2.99. The first kappa shape index (κ1) is 14.1. The number of aromatic amines is 1. The van der Waals surface area contributed by atoms with Crippen LogP contribution in [-0.4, -0.2) is 17.1 Å². The van der Waals surface area contributed by atoms with Gasteiger partial charge in [0.05, 0.1) is 5.56 Å². The molecule has 0 radical (unpaired) electrons. The molecule has 4 nitrogen and oxygen atoms in total. The highest BCUT2D eigenvalue weighted by Gasteiger charge is 2.10. The van der Waals surface area contributed by atoms with Crippen molar-refractivity contribution in [1.82, 2.24) is 10.4 Å². The lowest BCUT2D eigenvalue weighted by Crippen LogP contribution is -2.17. The fourth-order valence-corrected chi connectivity index (χ4v) is 2.37. The van der Waals surface area contributed by atoms with Crippen LogP contribution in [-0.2, 0) is 0 Å². The summed E-state index contributed by atoms with van der Waals surface area (Å²) in [5, 5.41) is 4.97.